The highest BCUT2D eigenvalue weighted by molar-refractivity contribution is 7.78. The van der Waals surface area contributed by atoms with Crippen molar-refractivity contribution >= 4 is 17.4 Å². The standard InChI is InChI=1S/C12H20N.CNS/c1-4-8-12(3)13(9-5-2)10-6-7-11-13;2-1-3/h4-5H,1-3,6-11H2;/q+1;-1. The van der Waals surface area contributed by atoms with Crippen molar-refractivity contribution in [2.45, 2.75) is 19.3 Å². The molecule has 0 N–H and O–H groups in total. The molecule has 1 aliphatic heterocycles. The molecular weight excluding hydrogens is 216 g/mol. The monoisotopic (exact) mass is 236 g/mol. The fourth-order valence-corrected chi connectivity index (χ4v) is 2.18. The molecule has 2 nitrogen and oxygen atoms in total. The molecule has 0 bridgehead atoms. The molecule has 1 saturated heterocycles. The molecule has 16 heavy (non-hydrogen) atoms. The van der Waals surface area contributed by atoms with Crippen molar-refractivity contribution in [1.82, 2.24) is 0 Å². The maximum atomic E-state index is 7.13. The maximum Gasteiger partial charge on any atom is 0.106 e. The minimum atomic E-state index is 0.938. The number of isothiocyanates is 1. The van der Waals surface area contributed by atoms with E-state index in [0.717, 1.165) is 17.4 Å². The van der Waals surface area contributed by atoms with Gasteiger partial charge in [0.25, 0.3) is 0 Å². The highest BCUT2D eigenvalue weighted by Gasteiger charge is 2.33. The minimum Gasteiger partial charge on any atom is -0.753 e. The van der Waals surface area contributed by atoms with Gasteiger partial charge >= 0.3 is 0 Å². The number of hydrogen-bond donors (Lipinski definition) is 0. The van der Waals surface area contributed by atoms with E-state index in [1.807, 2.05) is 12.2 Å². The lowest BCUT2D eigenvalue weighted by Crippen LogP contribution is -2.43. The van der Waals surface area contributed by atoms with Crippen molar-refractivity contribution in [2.75, 3.05) is 19.6 Å². The van der Waals surface area contributed by atoms with E-state index in [4.69, 9.17) is 5.41 Å². The van der Waals surface area contributed by atoms with E-state index in [1.54, 1.807) is 0 Å². The highest BCUT2D eigenvalue weighted by atomic mass is 32.1. The van der Waals surface area contributed by atoms with Crippen molar-refractivity contribution in [3.05, 3.63) is 43.0 Å². The number of likely N-dealkylation sites (tertiary alicyclic amines) is 1. The Bertz CT molecular complexity index is 282. The second kappa shape index (κ2) is 8.17. The lowest BCUT2D eigenvalue weighted by atomic mass is 10.2. The average Bonchev–Trinajstić information content (AvgIpc) is 2.70. The molecule has 0 spiro atoms. The second-order valence-electron chi connectivity index (χ2n) is 3.92. The van der Waals surface area contributed by atoms with Crippen LogP contribution in [0, 0.1) is 0 Å². The van der Waals surface area contributed by atoms with Crippen LogP contribution < -0.4 is 0 Å². The van der Waals surface area contributed by atoms with Crippen LogP contribution in [0.3, 0.4) is 0 Å². The van der Waals surface area contributed by atoms with Crippen LogP contribution in [0.4, 0.5) is 0 Å². The van der Waals surface area contributed by atoms with E-state index in [1.165, 1.54) is 36.8 Å². The largest absolute Gasteiger partial charge is 0.753 e. The van der Waals surface area contributed by atoms with Crippen LogP contribution in [0.5, 0.6) is 0 Å². The van der Waals surface area contributed by atoms with Crippen LogP contribution in [0.1, 0.15) is 19.3 Å². The molecule has 88 valence electrons. The average molecular weight is 236 g/mol. The Balaban J connectivity index is 0.000000673. The third-order valence-electron chi connectivity index (χ3n) is 2.95. The zero-order valence-electron chi connectivity index (χ0n) is 9.82. The van der Waals surface area contributed by atoms with Gasteiger partial charge in [-0.2, -0.15) is 5.16 Å². The number of nitrogens with zero attached hydrogens (tertiary/aromatic N) is 2. The second-order valence-corrected chi connectivity index (χ2v) is 4.10. The van der Waals surface area contributed by atoms with E-state index >= 15 is 0 Å². The topological polar surface area (TPSA) is 22.3 Å². The molecule has 0 aromatic rings. The molecule has 1 fully saturated rings. The molecular formula is C13H20N2S. The first-order chi connectivity index (χ1) is 7.66. The van der Waals surface area contributed by atoms with Crippen LogP contribution in [0.2, 0.25) is 0 Å². The van der Waals surface area contributed by atoms with Gasteiger partial charge in [-0.05, 0) is 12.7 Å². The van der Waals surface area contributed by atoms with E-state index in [9.17, 15) is 0 Å². The zero-order chi connectivity index (χ0) is 12.4. The van der Waals surface area contributed by atoms with Crippen molar-refractivity contribution < 1.29 is 4.48 Å². The van der Waals surface area contributed by atoms with Gasteiger partial charge in [-0.3, -0.25) is 4.48 Å². The number of allylic oxidation sites excluding steroid dienone is 1. The first-order valence-electron chi connectivity index (χ1n) is 5.44. The molecule has 1 aliphatic rings. The predicted octanol–water partition coefficient (Wildman–Crippen LogP) is 3.53. The summed E-state index contributed by atoms with van der Waals surface area (Å²) in [6.07, 6.45) is 7.55. The summed E-state index contributed by atoms with van der Waals surface area (Å²) in [5.74, 6) is 0. The summed E-state index contributed by atoms with van der Waals surface area (Å²) in [6, 6.07) is 0. The summed E-state index contributed by atoms with van der Waals surface area (Å²) in [6.45, 7) is 15.3. The molecule has 0 unspecified atom stereocenters. The fourth-order valence-electron chi connectivity index (χ4n) is 2.18. The summed E-state index contributed by atoms with van der Waals surface area (Å²) >= 11 is 3.70. The third kappa shape index (κ3) is 4.23. The van der Waals surface area contributed by atoms with Gasteiger partial charge in [0.15, 0.2) is 0 Å². The third-order valence-corrected chi connectivity index (χ3v) is 2.95. The minimum absolute atomic E-state index is 0.938. The van der Waals surface area contributed by atoms with Crippen molar-refractivity contribution in [3.8, 4) is 0 Å². The summed E-state index contributed by atoms with van der Waals surface area (Å²) in [5, 5.41) is 8.47. The van der Waals surface area contributed by atoms with E-state index in [0.29, 0.717) is 0 Å². The van der Waals surface area contributed by atoms with Gasteiger partial charge in [-0.25, -0.2) is 0 Å². The molecule has 0 saturated carbocycles. The van der Waals surface area contributed by atoms with Crippen LogP contribution in [0.25, 0.3) is 5.41 Å². The first kappa shape index (κ1) is 15.0. The fraction of sp³-hybridized carbons (Fsp3) is 0.462. The maximum absolute atomic E-state index is 7.13. The lowest BCUT2D eigenvalue weighted by molar-refractivity contribution is -0.874. The normalized spacial score (nSPS) is 16.5. The Labute approximate surface area is 104 Å². The van der Waals surface area contributed by atoms with Crippen LogP contribution in [-0.4, -0.2) is 29.3 Å². The number of rotatable bonds is 5. The SMILES string of the molecule is C=CCC(=C)[N+]1(CC=C)CCCC1.[N-]=C=S. The lowest BCUT2D eigenvalue weighted by Gasteiger charge is -2.34. The van der Waals surface area contributed by atoms with Crippen molar-refractivity contribution in [3.63, 3.8) is 0 Å². The van der Waals surface area contributed by atoms with Crippen LogP contribution in [-0.2, 0) is 0 Å². The number of thiocarbonyl (C=S) groups is 1. The summed E-state index contributed by atoms with van der Waals surface area (Å²) in [5.41, 5.74) is 1.30. The zero-order valence-corrected chi connectivity index (χ0v) is 10.6. The van der Waals surface area contributed by atoms with Gasteiger partial charge in [0.2, 0.25) is 0 Å². The first-order valence-corrected chi connectivity index (χ1v) is 5.85. The summed E-state index contributed by atoms with van der Waals surface area (Å²) in [4.78, 5) is 0. The quantitative estimate of drug-likeness (QED) is 0.310. The van der Waals surface area contributed by atoms with E-state index in [2.05, 4.69) is 32.0 Å². The van der Waals surface area contributed by atoms with Crippen molar-refractivity contribution in [1.29, 1.82) is 0 Å². The van der Waals surface area contributed by atoms with Gasteiger partial charge in [0.05, 0.1) is 13.1 Å². The molecule has 3 heteroatoms. The summed E-state index contributed by atoms with van der Waals surface area (Å²) in [7, 11) is 0. The Kier molecular flexibility index (Phi) is 7.65. The molecule has 1 heterocycles. The molecule has 0 amide bonds. The Morgan fingerprint density at radius 3 is 2.19 bits per heavy atom. The molecule has 0 aliphatic carbocycles. The highest BCUT2D eigenvalue weighted by Crippen LogP contribution is 2.27. The van der Waals surface area contributed by atoms with Gasteiger partial charge in [0, 0.05) is 19.3 Å². The molecule has 0 atom stereocenters. The van der Waals surface area contributed by atoms with Crippen molar-refractivity contribution in [2.24, 2.45) is 0 Å². The number of quaternary nitrogens is 1. The Morgan fingerprint density at radius 1 is 1.31 bits per heavy atom. The van der Waals surface area contributed by atoms with Gasteiger partial charge < -0.3 is 5.41 Å². The Hall–Kier alpha value is -1.02. The number of hydrogen-bond acceptors (Lipinski definition) is 1. The van der Waals surface area contributed by atoms with E-state index in [-0.39, 0.29) is 0 Å². The molecule has 0 radical (unpaired) electrons. The van der Waals surface area contributed by atoms with E-state index < -0.39 is 0 Å². The summed E-state index contributed by atoms with van der Waals surface area (Å²) < 4.78 is 1.05. The molecule has 1 rings (SSSR count). The van der Waals surface area contributed by atoms with Gasteiger partial charge in [0.1, 0.15) is 12.2 Å². The molecule has 0 aromatic heterocycles. The smallest absolute Gasteiger partial charge is 0.106 e. The van der Waals surface area contributed by atoms with Crippen LogP contribution in [0.15, 0.2) is 37.6 Å². The molecule has 0 aromatic carbocycles. The van der Waals surface area contributed by atoms with Gasteiger partial charge in [-0.1, -0.05) is 24.9 Å². The predicted molar refractivity (Wildman–Crippen MR) is 74.2 cm³/mol. The Morgan fingerprint density at radius 2 is 1.81 bits per heavy atom. The van der Waals surface area contributed by atoms with Crippen LogP contribution >= 0.6 is 12.2 Å². The van der Waals surface area contributed by atoms with Gasteiger partial charge in [-0.15, -0.1) is 6.58 Å².